The summed E-state index contributed by atoms with van der Waals surface area (Å²) in [5, 5.41) is 1.77. The van der Waals surface area contributed by atoms with Crippen molar-refractivity contribution in [1.29, 1.82) is 0 Å². The van der Waals surface area contributed by atoms with Crippen LogP contribution < -0.4 is 0 Å². The Morgan fingerprint density at radius 3 is 2.92 bits per heavy atom. The standard InChI is InChI=1S/C8H8O3S2/c9-3-8-7-1-2-13(10,11)5-6(7)4-12-8/h3-4H,1-2,5H2. The summed E-state index contributed by atoms with van der Waals surface area (Å²) in [6.45, 7) is 0. The smallest absolute Gasteiger partial charge is 0.160 e. The summed E-state index contributed by atoms with van der Waals surface area (Å²) in [5.74, 6) is 0.282. The van der Waals surface area contributed by atoms with Gasteiger partial charge in [0.25, 0.3) is 0 Å². The van der Waals surface area contributed by atoms with Gasteiger partial charge in [0.1, 0.15) is 0 Å². The number of aldehydes is 1. The molecule has 0 saturated heterocycles. The van der Waals surface area contributed by atoms with E-state index in [-0.39, 0.29) is 11.5 Å². The number of hydrogen-bond donors (Lipinski definition) is 0. The van der Waals surface area contributed by atoms with E-state index in [2.05, 4.69) is 0 Å². The van der Waals surface area contributed by atoms with Gasteiger partial charge in [-0.15, -0.1) is 11.3 Å². The first-order chi connectivity index (χ1) is 6.12. The minimum absolute atomic E-state index is 0.104. The number of fused-ring (bicyclic) bond motifs is 1. The molecule has 0 aromatic carbocycles. The van der Waals surface area contributed by atoms with Crippen molar-refractivity contribution in [2.75, 3.05) is 5.75 Å². The van der Waals surface area contributed by atoms with E-state index >= 15 is 0 Å². The average Bonchev–Trinajstić information content (AvgIpc) is 2.44. The van der Waals surface area contributed by atoms with Crippen LogP contribution in [0.1, 0.15) is 20.8 Å². The topological polar surface area (TPSA) is 51.2 Å². The van der Waals surface area contributed by atoms with Crippen molar-refractivity contribution in [3.63, 3.8) is 0 Å². The molecule has 2 heterocycles. The molecular weight excluding hydrogens is 208 g/mol. The molecule has 13 heavy (non-hydrogen) atoms. The van der Waals surface area contributed by atoms with Crippen LogP contribution in [0.4, 0.5) is 0 Å². The van der Waals surface area contributed by atoms with Crippen LogP contribution in [0.3, 0.4) is 0 Å². The summed E-state index contributed by atoms with van der Waals surface area (Å²) in [4.78, 5) is 11.2. The van der Waals surface area contributed by atoms with Crippen LogP contribution in [0.25, 0.3) is 0 Å². The lowest BCUT2D eigenvalue weighted by molar-refractivity contribution is 0.112. The van der Waals surface area contributed by atoms with Gasteiger partial charge in [0.15, 0.2) is 16.1 Å². The van der Waals surface area contributed by atoms with Crippen LogP contribution in [0.15, 0.2) is 5.38 Å². The second kappa shape index (κ2) is 2.92. The fraction of sp³-hybridized carbons (Fsp3) is 0.375. The van der Waals surface area contributed by atoms with Crippen molar-refractivity contribution in [1.82, 2.24) is 0 Å². The van der Waals surface area contributed by atoms with Gasteiger partial charge >= 0.3 is 0 Å². The van der Waals surface area contributed by atoms with Crippen molar-refractivity contribution in [2.45, 2.75) is 12.2 Å². The number of hydrogen-bond acceptors (Lipinski definition) is 4. The average molecular weight is 216 g/mol. The van der Waals surface area contributed by atoms with Crippen LogP contribution in [0.2, 0.25) is 0 Å². The van der Waals surface area contributed by atoms with Crippen molar-refractivity contribution >= 4 is 27.5 Å². The molecule has 0 fully saturated rings. The summed E-state index contributed by atoms with van der Waals surface area (Å²) in [5.41, 5.74) is 1.76. The number of sulfone groups is 1. The summed E-state index contributed by atoms with van der Waals surface area (Å²) in [6, 6.07) is 0. The van der Waals surface area contributed by atoms with Gasteiger partial charge in [0, 0.05) is 0 Å². The maximum absolute atomic E-state index is 11.2. The van der Waals surface area contributed by atoms with E-state index < -0.39 is 9.84 Å². The quantitative estimate of drug-likeness (QED) is 0.659. The highest BCUT2D eigenvalue weighted by atomic mass is 32.2. The van der Waals surface area contributed by atoms with Gasteiger partial charge in [0.05, 0.1) is 16.4 Å². The van der Waals surface area contributed by atoms with E-state index in [9.17, 15) is 13.2 Å². The molecule has 0 amide bonds. The van der Waals surface area contributed by atoms with Crippen LogP contribution in [0, 0.1) is 0 Å². The number of rotatable bonds is 1. The van der Waals surface area contributed by atoms with Crippen molar-refractivity contribution in [2.24, 2.45) is 0 Å². The highest BCUT2D eigenvalue weighted by Gasteiger charge is 2.24. The number of carbonyl (C=O) groups excluding carboxylic acids is 1. The molecule has 0 saturated carbocycles. The van der Waals surface area contributed by atoms with E-state index in [0.29, 0.717) is 11.3 Å². The molecule has 0 spiro atoms. The predicted molar refractivity (Wildman–Crippen MR) is 50.9 cm³/mol. The SMILES string of the molecule is O=Cc1scc2c1CCS(=O)(=O)C2. The minimum Gasteiger partial charge on any atom is -0.297 e. The molecule has 0 unspecified atom stereocenters. The third kappa shape index (κ3) is 1.53. The molecule has 0 N–H and O–H groups in total. The molecule has 1 aromatic rings. The molecule has 0 radical (unpaired) electrons. The van der Waals surface area contributed by atoms with Gasteiger partial charge in [-0.1, -0.05) is 0 Å². The van der Waals surface area contributed by atoms with Crippen molar-refractivity contribution in [3.8, 4) is 0 Å². The van der Waals surface area contributed by atoms with Gasteiger partial charge < -0.3 is 0 Å². The zero-order chi connectivity index (χ0) is 9.47. The Bertz CT molecular complexity index is 442. The summed E-state index contributed by atoms with van der Waals surface area (Å²) in [6.07, 6.45) is 1.30. The van der Waals surface area contributed by atoms with Crippen LogP contribution >= 0.6 is 11.3 Å². The predicted octanol–water partition coefficient (Wildman–Crippen LogP) is 1.03. The Morgan fingerprint density at radius 2 is 2.23 bits per heavy atom. The summed E-state index contributed by atoms with van der Waals surface area (Å²) < 4.78 is 22.5. The Kier molecular flexibility index (Phi) is 2.00. The monoisotopic (exact) mass is 216 g/mol. The third-order valence-corrected chi connectivity index (χ3v) is 4.73. The molecular formula is C8H8O3S2. The largest absolute Gasteiger partial charge is 0.297 e. The summed E-state index contributed by atoms with van der Waals surface area (Å²) >= 11 is 1.33. The van der Waals surface area contributed by atoms with E-state index in [1.165, 1.54) is 11.3 Å². The molecule has 2 rings (SSSR count). The molecule has 0 bridgehead atoms. The molecule has 5 heteroatoms. The Balaban J connectivity index is 2.49. The van der Waals surface area contributed by atoms with E-state index in [4.69, 9.17) is 0 Å². The van der Waals surface area contributed by atoms with Crippen LogP contribution in [0.5, 0.6) is 0 Å². The Hall–Kier alpha value is -0.680. The first kappa shape index (κ1) is 8.90. The van der Waals surface area contributed by atoms with Gasteiger partial charge in [-0.3, -0.25) is 4.79 Å². The number of carbonyl (C=O) groups is 1. The maximum atomic E-state index is 11.2. The number of thiophene rings is 1. The lowest BCUT2D eigenvalue weighted by Gasteiger charge is -2.12. The Morgan fingerprint density at radius 1 is 1.46 bits per heavy atom. The first-order valence-electron chi connectivity index (χ1n) is 3.87. The normalized spacial score (nSPS) is 19.4. The van der Waals surface area contributed by atoms with Crippen LogP contribution in [-0.2, 0) is 22.0 Å². The molecule has 3 nitrogen and oxygen atoms in total. The van der Waals surface area contributed by atoms with Gasteiger partial charge in [-0.25, -0.2) is 8.42 Å². The molecule has 70 valence electrons. The summed E-state index contributed by atoms with van der Waals surface area (Å²) in [7, 11) is -2.90. The van der Waals surface area contributed by atoms with Gasteiger partial charge in [-0.2, -0.15) is 0 Å². The van der Waals surface area contributed by atoms with E-state index in [0.717, 1.165) is 17.4 Å². The lowest BCUT2D eigenvalue weighted by atomic mass is 10.1. The molecule has 1 aliphatic heterocycles. The first-order valence-corrected chi connectivity index (χ1v) is 6.57. The highest BCUT2D eigenvalue weighted by Crippen LogP contribution is 2.27. The third-order valence-electron chi connectivity index (χ3n) is 2.16. The minimum atomic E-state index is -2.90. The van der Waals surface area contributed by atoms with E-state index in [1.54, 1.807) is 5.38 Å². The Labute approximate surface area is 80.3 Å². The fourth-order valence-corrected chi connectivity index (χ4v) is 3.93. The van der Waals surface area contributed by atoms with Gasteiger partial charge in [-0.05, 0) is 22.9 Å². The zero-order valence-corrected chi connectivity index (χ0v) is 8.45. The molecule has 1 aliphatic rings. The lowest BCUT2D eigenvalue weighted by Crippen LogP contribution is -2.18. The van der Waals surface area contributed by atoms with Crippen molar-refractivity contribution in [3.05, 3.63) is 21.4 Å². The molecule has 0 atom stereocenters. The van der Waals surface area contributed by atoms with Gasteiger partial charge in [0.2, 0.25) is 0 Å². The van der Waals surface area contributed by atoms with Crippen molar-refractivity contribution < 1.29 is 13.2 Å². The molecule has 1 aromatic heterocycles. The maximum Gasteiger partial charge on any atom is 0.160 e. The second-order valence-electron chi connectivity index (χ2n) is 3.06. The second-order valence-corrected chi connectivity index (χ2v) is 6.16. The van der Waals surface area contributed by atoms with E-state index in [1.807, 2.05) is 0 Å². The fourth-order valence-electron chi connectivity index (χ4n) is 1.51. The highest BCUT2D eigenvalue weighted by molar-refractivity contribution is 7.90. The zero-order valence-electron chi connectivity index (χ0n) is 6.82. The van der Waals surface area contributed by atoms with Crippen LogP contribution in [-0.4, -0.2) is 20.5 Å². The molecule has 0 aliphatic carbocycles.